The molecule has 0 radical (unpaired) electrons. The number of ether oxygens (including phenoxy) is 1. The summed E-state index contributed by atoms with van der Waals surface area (Å²) in [5, 5.41) is 0. The molecule has 0 aromatic carbocycles. The van der Waals surface area contributed by atoms with Crippen LogP contribution >= 0.6 is 0 Å². The quantitative estimate of drug-likeness (QED) is 0.763. The van der Waals surface area contributed by atoms with Gasteiger partial charge in [-0.15, -0.1) is 0 Å². The molecule has 0 bridgehead atoms. The molecular formula is C12H24N2O2. The Kier molecular flexibility index (Phi) is 5.22. The van der Waals surface area contributed by atoms with Crippen molar-refractivity contribution in [3.05, 3.63) is 0 Å². The predicted molar refractivity (Wildman–Crippen MR) is 64.0 cm³/mol. The van der Waals surface area contributed by atoms with Crippen LogP contribution in [0.3, 0.4) is 0 Å². The van der Waals surface area contributed by atoms with Crippen molar-refractivity contribution in [3.63, 3.8) is 0 Å². The summed E-state index contributed by atoms with van der Waals surface area (Å²) in [4.78, 5) is 13.7. The third-order valence-electron chi connectivity index (χ3n) is 3.42. The van der Waals surface area contributed by atoms with Crippen molar-refractivity contribution in [2.75, 3.05) is 20.2 Å². The van der Waals surface area contributed by atoms with Gasteiger partial charge in [0.2, 0.25) is 5.91 Å². The minimum atomic E-state index is -0.378. The number of carbonyl (C=O) groups excluding carboxylic acids is 1. The van der Waals surface area contributed by atoms with E-state index in [0.29, 0.717) is 6.54 Å². The van der Waals surface area contributed by atoms with Gasteiger partial charge in [-0.05, 0) is 18.8 Å². The van der Waals surface area contributed by atoms with Crippen LogP contribution in [0, 0.1) is 5.92 Å². The Hall–Kier alpha value is -0.610. The minimum absolute atomic E-state index is 0.0323. The van der Waals surface area contributed by atoms with Crippen molar-refractivity contribution < 1.29 is 9.53 Å². The second-order valence-corrected chi connectivity index (χ2v) is 4.77. The molecule has 1 rings (SSSR count). The third kappa shape index (κ3) is 3.46. The average Bonchev–Trinajstić information content (AvgIpc) is 2.78. The Morgan fingerprint density at radius 2 is 2.31 bits per heavy atom. The zero-order valence-electron chi connectivity index (χ0n) is 10.6. The Labute approximate surface area is 98.1 Å². The Morgan fingerprint density at radius 1 is 1.62 bits per heavy atom. The van der Waals surface area contributed by atoms with Crippen LogP contribution < -0.4 is 5.73 Å². The molecule has 4 heteroatoms. The van der Waals surface area contributed by atoms with Gasteiger partial charge < -0.3 is 15.4 Å². The number of hydrogen-bond donors (Lipinski definition) is 1. The first-order chi connectivity index (χ1) is 7.56. The molecule has 1 heterocycles. The van der Waals surface area contributed by atoms with Gasteiger partial charge in [-0.2, -0.15) is 0 Å². The van der Waals surface area contributed by atoms with Crippen molar-refractivity contribution in [1.82, 2.24) is 4.90 Å². The molecule has 0 aromatic rings. The number of nitrogens with two attached hydrogens (primary N) is 1. The smallest absolute Gasteiger partial charge is 0.239 e. The molecule has 4 nitrogen and oxygen atoms in total. The minimum Gasteiger partial charge on any atom is -0.376 e. The standard InChI is InChI=1S/C12H24N2O2/c1-4-9(2)11(13)12(15)14(3)8-10-6-5-7-16-10/h9-11H,4-8,13H2,1-3H3/t9-,10?,11-/m0/s1. The van der Waals surface area contributed by atoms with E-state index in [1.54, 1.807) is 4.90 Å². The van der Waals surface area contributed by atoms with Gasteiger partial charge in [0, 0.05) is 20.2 Å². The van der Waals surface area contributed by atoms with Crippen LogP contribution in [0.25, 0.3) is 0 Å². The summed E-state index contributed by atoms with van der Waals surface area (Å²) < 4.78 is 5.51. The normalized spacial score (nSPS) is 24.1. The van der Waals surface area contributed by atoms with Gasteiger partial charge >= 0.3 is 0 Å². The first-order valence-corrected chi connectivity index (χ1v) is 6.18. The second kappa shape index (κ2) is 6.21. The van der Waals surface area contributed by atoms with Gasteiger partial charge in [0.1, 0.15) is 0 Å². The van der Waals surface area contributed by atoms with Crippen molar-refractivity contribution in [1.29, 1.82) is 0 Å². The Bertz CT molecular complexity index is 227. The molecule has 1 saturated heterocycles. The molecule has 94 valence electrons. The highest BCUT2D eigenvalue weighted by molar-refractivity contribution is 5.81. The van der Waals surface area contributed by atoms with Gasteiger partial charge in [-0.1, -0.05) is 20.3 Å². The SMILES string of the molecule is CC[C@H](C)[C@H](N)C(=O)N(C)CC1CCCO1. The highest BCUT2D eigenvalue weighted by Crippen LogP contribution is 2.14. The van der Waals surface area contributed by atoms with Crippen LogP contribution in [0.4, 0.5) is 0 Å². The van der Waals surface area contributed by atoms with E-state index in [4.69, 9.17) is 10.5 Å². The monoisotopic (exact) mass is 228 g/mol. The van der Waals surface area contributed by atoms with E-state index in [1.165, 1.54) is 0 Å². The van der Waals surface area contributed by atoms with Crippen LogP contribution in [0.1, 0.15) is 33.1 Å². The van der Waals surface area contributed by atoms with E-state index in [2.05, 4.69) is 6.92 Å². The van der Waals surface area contributed by atoms with Crippen molar-refractivity contribution >= 4 is 5.91 Å². The highest BCUT2D eigenvalue weighted by atomic mass is 16.5. The van der Waals surface area contributed by atoms with Crippen LogP contribution in [0.15, 0.2) is 0 Å². The van der Waals surface area contributed by atoms with Crippen LogP contribution in [0.2, 0.25) is 0 Å². The fourth-order valence-corrected chi connectivity index (χ4v) is 1.94. The van der Waals surface area contributed by atoms with E-state index >= 15 is 0 Å². The number of likely N-dealkylation sites (N-methyl/N-ethyl adjacent to an activating group) is 1. The lowest BCUT2D eigenvalue weighted by atomic mass is 9.99. The molecule has 16 heavy (non-hydrogen) atoms. The molecule has 0 aliphatic carbocycles. The fourth-order valence-electron chi connectivity index (χ4n) is 1.94. The van der Waals surface area contributed by atoms with E-state index in [0.717, 1.165) is 25.9 Å². The topological polar surface area (TPSA) is 55.6 Å². The summed E-state index contributed by atoms with van der Waals surface area (Å²) >= 11 is 0. The predicted octanol–water partition coefficient (Wildman–Crippen LogP) is 0.997. The van der Waals surface area contributed by atoms with E-state index in [-0.39, 0.29) is 24.0 Å². The second-order valence-electron chi connectivity index (χ2n) is 4.77. The lowest BCUT2D eigenvalue weighted by Crippen LogP contribution is -2.47. The first kappa shape index (κ1) is 13.5. The molecule has 3 atom stereocenters. The van der Waals surface area contributed by atoms with Gasteiger partial charge in [0.25, 0.3) is 0 Å². The maximum Gasteiger partial charge on any atom is 0.239 e. The number of amides is 1. The largest absolute Gasteiger partial charge is 0.376 e. The van der Waals surface area contributed by atoms with Gasteiger partial charge in [0.15, 0.2) is 0 Å². The third-order valence-corrected chi connectivity index (χ3v) is 3.42. The van der Waals surface area contributed by atoms with E-state index in [1.807, 2.05) is 14.0 Å². The Morgan fingerprint density at radius 3 is 2.81 bits per heavy atom. The summed E-state index contributed by atoms with van der Waals surface area (Å²) in [6.45, 7) is 5.56. The van der Waals surface area contributed by atoms with Gasteiger partial charge in [-0.3, -0.25) is 4.79 Å². The summed E-state index contributed by atoms with van der Waals surface area (Å²) in [5.41, 5.74) is 5.91. The van der Waals surface area contributed by atoms with Crippen LogP contribution in [-0.4, -0.2) is 43.2 Å². The van der Waals surface area contributed by atoms with Gasteiger partial charge in [-0.25, -0.2) is 0 Å². The number of hydrogen-bond acceptors (Lipinski definition) is 3. The van der Waals surface area contributed by atoms with E-state index in [9.17, 15) is 4.79 Å². The molecule has 1 fully saturated rings. The fraction of sp³-hybridized carbons (Fsp3) is 0.917. The van der Waals surface area contributed by atoms with Crippen LogP contribution in [-0.2, 0) is 9.53 Å². The zero-order chi connectivity index (χ0) is 12.1. The summed E-state index contributed by atoms with van der Waals surface area (Å²) in [6.07, 6.45) is 3.29. The van der Waals surface area contributed by atoms with Gasteiger partial charge in [0.05, 0.1) is 12.1 Å². The molecular weight excluding hydrogens is 204 g/mol. The highest BCUT2D eigenvalue weighted by Gasteiger charge is 2.25. The van der Waals surface area contributed by atoms with Crippen molar-refractivity contribution in [2.45, 2.75) is 45.3 Å². The zero-order valence-corrected chi connectivity index (χ0v) is 10.6. The molecule has 1 unspecified atom stereocenters. The number of nitrogens with zero attached hydrogens (tertiary/aromatic N) is 1. The molecule has 1 amide bonds. The van der Waals surface area contributed by atoms with Crippen molar-refractivity contribution in [3.8, 4) is 0 Å². The molecule has 1 aliphatic heterocycles. The number of carbonyl (C=O) groups is 1. The van der Waals surface area contributed by atoms with Crippen LogP contribution in [0.5, 0.6) is 0 Å². The Balaban J connectivity index is 2.39. The maximum absolute atomic E-state index is 12.0. The lowest BCUT2D eigenvalue weighted by Gasteiger charge is -2.26. The molecule has 0 aromatic heterocycles. The number of rotatable bonds is 5. The molecule has 0 spiro atoms. The first-order valence-electron chi connectivity index (χ1n) is 6.18. The molecule has 2 N–H and O–H groups in total. The molecule has 0 saturated carbocycles. The maximum atomic E-state index is 12.0. The molecule has 1 aliphatic rings. The average molecular weight is 228 g/mol. The summed E-state index contributed by atoms with van der Waals surface area (Å²) in [5.74, 6) is 0.268. The summed E-state index contributed by atoms with van der Waals surface area (Å²) in [6, 6.07) is -0.378. The lowest BCUT2D eigenvalue weighted by molar-refractivity contribution is -0.133. The summed E-state index contributed by atoms with van der Waals surface area (Å²) in [7, 11) is 1.81. The van der Waals surface area contributed by atoms with Crippen molar-refractivity contribution in [2.24, 2.45) is 11.7 Å². The van der Waals surface area contributed by atoms with E-state index < -0.39 is 0 Å².